The molecule has 0 saturated carbocycles. The first-order valence-electron chi connectivity index (χ1n) is 6.22. The van der Waals surface area contributed by atoms with E-state index in [4.69, 9.17) is 29.6 Å². The van der Waals surface area contributed by atoms with Crippen LogP contribution in [-0.2, 0) is 13.1 Å². The Bertz CT molecular complexity index is 616. The molecule has 20 heavy (non-hydrogen) atoms. The van der Waals surface area contributed by atoms with Gasteiger partial charge in [-0.05, 0) is 30.3 Å². The third kappa shape index (κ3) is 4.00. The highest BCUT2D eigenvalue weighted by atomic mass is 35.5. The molecule has 2 N–H and O–H groups in total. The molecule has 0 aliphatic heterocycles. The number of nitrogens with two attached hydrogens (primary N) is 1. The molecule has 0 amide bonds. The van der Waals surface area contributed by atoms with Crippen LogP contribution in [0.4, 0.5) is 0 Å². The van der Waals surface area contributed by atoms with Gasteiger partial charge in [0.1, 0.15) is 4.99 Å². The van der Waals surface area contributed by atoms with Gasteiger partial charge in [-0.3, -0.25) is 9.88 Å². The molecule has 1 heterocycles. The summed E-state index contributed by atoms with van der Waals surface area (Å²) in [5.41, 5.74) is 8.78. The number of rotatable bonds is 5. The lowest BCUT2D eigenvalue weighted by Crippen LogP contribution is -2.18. The first-order valence-corrected chi connectivity index (χ1v) is 7.00. The lowest BCUT2D eigenvalue weighted by atomic mass is 10.1. The van der Waals surface area contributed by atoms with Crippen molar-refractivity contribution in [2.75, 3.05) is 7.05 Å². The van der Waals surface area contributed by atoms with Crippen molar-refractivity contribution >= 4 is 28.8 Å². The number of nitrogens with zero attached hydrogens (tertiary/aromatic N) is 2. The second-order valence-electron chi connectivity index (χ2n) is 4.70. The molecule has 0 aliphatic carbocycles. The molecule has 1 aromatic heterocycles. The van der Waals surface area contributed by atoms with E-state index in [0.29, 0.717) is 10.0 Å². The first-order chi connectivity index (χ1) is 9.56. The Labute approximate surface area is 129 Å². The molecule has 3 nitrogen and oxygen atoms in total. The molecule has 104 valence electrons. The largest absolute Gasteiger partial charge is 0.389 e. The Balaban J connectivity index is 2.05. The predicted octanol–water partition coefficient (Wildman–Crippen LogP) is 3.00. The fourth-order valence-corrected chi connectivity index (χ4v) is 2.32. The molecule has 0 fully saturated rings. The number of hydrogen-bond donors (Lipinski definition) is 1. The second kappa shape index (κ2) is 6.79. The van der Waals surface area contributed by atoms with E-state index in [0.717, 1.165) is 24.2 Å². The molecule has 2 rings (SSSR count). The molecular weight excluding hydrogens is 290 g/mol. The van der Waals surface area contributed by atoms with Gasteiger partial charge in [0.25, 0.3) is 0 Å². The summed E-state index contributed by atoms with van der Waals surface area (Å²) in [5.74, 6) is 0. The number of halogens is 1. The number of aromatic nitrogens is 1. The van der Waals surface area contributed by atoms with Gasteiger partial charge >= 0.3 is 0 Å². The number of pyridine rings is 1. The van der Waals surface area contributed by atoms with E-state index in [1.54, 1.807) is 12.4 Å². The van der Waals surface area contributed by atoms with Crippen molar-refractivity contribution in [1.82, 2.24) is 9.88 Å². The lowest BCUT2D eigenvalue weighted by molar-refractivity contribution is 0.319. The van der Waals surface area contributed by atoms with Crippen molar-refractivity contribution < 1.29 is 0 Å². The zero-order valence-corrected chi connectivity index (χ0v) is 12.8. The summed E-state index contributed by atoms with van der Waals surface area (Å²) >= 11 is 11.1. The highest BCUT2D eigenvalue weighted by molar-refractivity contribution is 7.80. The van der Waals surface area contributed by atoms with Crippen LogP contribution in [0, 0.1) is 0 Å². The molecule has 0 aliphatic rings. The number of hydrogen-bond acceptors (Lipinski definition) is 3. The third-order valence-electron chi connectivity index (χ3n) is 2.96. The molecule has 2 aromatic rings. The number of thiocarbonyl (C=S) groups is 1. The van der Waals surface area contributed by atoms with Crippen LogP contribution in [0.3, 0.4) is 0 Å². The van der Waals surface area contributed by atoms with E-state index in [1.807, 2.05) is 31.3 Å². The molecule has 0 saturated heterocycles. The van der Waals surface area contributed by atoms with Gasteiger partial charge in [-0.2, -0.15) is 0 Å². The molecule has 0 atom stereocenters. The molecule has 0 bridgehead atoms. The standard InChI is InChI=1S/C15H16ClN3S/c1-19(10-13-5-6-18-8-14(13)16)9-11-3-2-4-12(7-11)15(17)20/h2-8H,9-10H2,1H3,(H2,17,20). The fraction of sp³-hybridized carbons (Fsp3) is 0.200. The third-order valence-corrected chi connectivity index (χ3v) is 3.54. The van der Waals surface area contributed by atoms with Crippen LogP contribution in [0.25, 0.3) is 0 Å². The smallest absolute Gasteiger partial charge is 0.103 e. The summed E-state index contributed by atoms with van der Waals surface area (Å²) in [4.78, 5) is 6.59. The first kappa shape index (κ1) is 14.9. The normalized spacial score (nSPS) is 10.8. The van der Waals surface area contributed by atoms with Gasteiger partial charge in [0.15, 0.2) is 0 Å². The van der Waals surface area contributed by atoms with Crippen molar-refractivity contribution in [2.24, 2.45) is 5.73 Å². The van der Waals surface area contributed by atoms with Gasteiger partial charge in [0.05, 0.1) is 5.02 Å². The summed E-state index contributed by atoms with van der Waals surface area (Å²) in [5, 5.41) is 0.691. The lowest BCUT2D eigenvalue weighted by Gasteiger charge is -2.17. The zero-order chi connectivity index (χ0) is 14.5. The topological polar surface area (TPSA) is 42.1 Å². The van der Waals surface area contributed by atoms with Gasteiger partial charge in [0.2, 0.25) is 0 Å². The molecule has 1 aromatic carbocycles. The van der Waals surface area contributed by atoms with Crippen LogP contribution in [-0.4, -0.2) is 21.9 Å². The van der Waals surface area contributed by atoms with Crippen LogP contribution < -0.4 is 5.73 Å². The van der Waals surface area contributed by atoms with Crippen molar-refractivity contribution in [3.63, 3.8) is 0 Å². The minimum Gasteiger partial charge on any atom is -0.389 e. The molecular formula is C15H16ClN3S. The maximum atomic E-state index is 6.12. The van der Waals surface area contributed by atoms with Gasteiger partial charge in [-0.25, -0.2) is 0 Å². The van der Waals surface area contributed by atoms with Crippen LogP contribution in [0.5, 0.6) is 0 Å². The van der Waals surface area contributed by atoms with E-state index in [2.05, 4.69) is 16.0 Å². The minimum absolute atomic E-state index is 0.423. The highest BCUT2D eigenvalue weighted by Crippen LogP contribution is 2.16. The molecule has 0 unspecified atom stereocenters. The van der Waals surface area contributed by atoms with Crippen molar-refractivity contribution in [2.45, 2.75) is 13.1 Å². The average Bonchev–Trinajstić information content (AvgIpc) is 2.41. The number of benzene rings is 1. The minimum atomic E-state index is 0.423. The maximum absolute atomic E-state index is 6.12. The summed E-state index contributed by atoms with van der Waals surface area (Å²) in [6.07, 6.45) is 3.42. The molecule has 0 spiro atoms. The van der Waals surface area contributed by atoms with E-state index in [1.165, 1.54) is 5.56 Å². The van der Waals surface area contributed by atoms with Crippen LogP contribution in [0.15, 0.2) is 42.7 Å². The Morgan fingerprint density at radius 3 is 2.85 bits per heavy atom. The van der Waals surface area contributed by atoms with Gasteiger partial charge in [-0.1, -0.05) is 42.0 Å². The summed E-state index contributed by atoms with van der Waals surface area (Å²) < 4.78 is 0. The molecule has 5 heteroatoms. The summed E-state index contributed by atoms with van der Waals surface area (Å²) in [7, 11) is 2.05. The van der Waals surface area contributed by atoms with E-state index >= 15 is 0 Å². The summed E-state index contributed by atoms with van der Waals surface area (Å²) in [6.45, 7) is 1.56. The van der Waals surface area contributed by atoms with E-state index in [-0.39, 0.29) is 0 Å². The Hall–Kier alpha value is -1.49. The van der Waals surface area contributed by atoms with Crippen molar-refractivity contribution in [3.8, 4) is 0 Å². The van der Waals surface area contributed by atoms with Gasteiger partial charge < -0.3 is 5.73 Å². The zero-order valence-electron chi connectivity index (χ0n) is 11.2. The van der Waals surface area contributed by atoms with E-state index in [9.17, 15) is 0 Å². The average molecular weight is 306 g/mol. The van der Waals surface area contributed by atoms with Crippen molar-refractivity contribution in [1.29, 1.82) is 0 Å². The Morgan fingerprint density at radius 2 is 2.15 bits per heavy atom. The van der Waals surface area contributed by atoms with Crippen LogP contribution in [0.2, 0.25) is 5.02 Å². The summed E-state index contributed by atoms with van der Waals surface area (Å²) in [6, 6.07) is 9.91. The fourth-order valence-electron chi connectivity index (χ4n) is 2.01. The molecule has 0 radical (unpaired) electrons. The van der Waals surface area contributed by atoms with Crippen LogP contribution in [0.1, 0.15) is 16.7 Å². The maximum Gasteiger partial charge on any atom is 0.103 e. The quantitative estimate of drug-likeness (QED) is 0.862. The van der Waals surface area contributed by atoms with Gasteiger partial charge in [-0.15, -0.1) is 0 Å². The van der Waals surface area contributed by atoms with E-state index < -0.39 is 0 Å². The SMILES string of the molecule is CN(Cc1cccc(C(N)=S)c1)Cc1ccncc1Cl. The second-order valence-corrected chi connectivity index (χ2v) is 5.55. The monoisotopic (exact) mass is 305 g/mol. The Morgan fingerprint density at radius 1 is 1.35 bits per heavy atom. The Kier molecular flexibility index (Phi) is 5.06. The van der Waals surface area contributed by atoms with Gasteiger partial charge in [0, 0.05) is 31.0 Å². The van der Waals surface area contributed by atoms with Crippen molar-refractivity contribution in [3.05, 3.63) is 64.4 Å². The predicted molar refractivity (Wildman–Crippen MR) is 86.7 cm³/mol. The van der Waals surface area contributed by atoms with Crippen LogP contribution >= 0.6 is 23.8 Å². The highest BCUT2D eigenvalue weighted by Gasteiger charge is 2.06.